The van der Waals surface area contributed by atoms with Crippen LogP contribution >= 0.6 is 11.6 Å². The Kier molecular flexibility index (Phi) is 2.36. The molecule has 0 spiro atoms. The fraction of sp³-hybridized carbons (Fsp3) is 0.538. The van der Waals surface area contributed by atoms with E-state index in [0.29, 0.717) is 0 Å². The Bertz CT molecular complexity index is 394. The first kappa shape index (κ1) is 11.0. The average Bonchev–Trinajstić information content (AvgIpc) is 2.13. The molecule has 0 N–H and O–H groups in total. The summed E-state index contributed by atoms with van der Waals surface area (Å²) in [4.78, 5) is 0. The molecule has 0 saturated heterocycles. The summed E-state index contributed by atoms with van der Waals surface area (Å²) in [5.41, 5.74) is 2.42. The smallest absolute Gasteiger partial charge is 0.0879 e. The van der Waals surface area contributed by atoms with Gasteiger partial charge in [0, 0.05) is 10.4 Å². The standard InChI is InChI=1S/C13H17ClO/c1-12(2)8-15-13(3,4)11-7-9(14)5-6-10(11)12/h5-7H,8H2,1-4H3. The van der Waals surface area contributed by atoms with Crippen LogP contribution in [0.3, 0.4) is 0 Å². The molecule has 0 amide bonds. The molecule has 2 heteroatoms. The van der Waals surface area contributed by atoms with Gasteiger partial charge in [0.1, 0.15) is 0 Å². The van der Waals surface area contributed by atoms with Crippen LogP contribution in [0.25, 0.3) is 0 Å². The summed E-state index contributed by atoms with van der Waals surface area (Å²) in [7, 11) is 0. The zero-order valence-electron chi connectivity index (χ0n) is 9.73. The van der Waals surface area contributed by atoms with E-state index in [1.54, 1.807) is 0 Å². The molecule has 82 valence electrons. The summed E-state index contributed by atoms with van der Waals surface area (Å²) < 4.78 is 5.90. The maximum absolute atomic E-state index is 6.04. The first-order valence-electron chi connectivity index (χ1n) is 5.27. The average molecular weight is 225 g/mol. The van der Waals surface area contributed by atoms with Gasteiger partial charge in [-0.2, -0.15) is 0 Å². The highest BCUT2D eigenvalue weighted by molar-refractivity contribution is 6.30. The minimum Gasteiger partial charge on any atom is -0.370 e. The quantitative estimate of drug-likeness (QED) is 0.650. The second-order valence-corrected chi connectivity index (χ2v) is 5.81. The van der Waals surface area contributed by atoms with Gasteiger partial charge in [0.15, 0.2) is 0 Å². The van der Waals surface area contributed by atoms with Crippen LogP contribution in [0.1, 0.15) is 38.8 Å². The number of hydrogen-bond donors (Lipinski definition) is 0. The summed E-state index contributed by atoms with van der Waals surface area (Å²) in [5.74, 6) is 0. The molecular formula is C13H17ClO. The highest BCUT2D eigenvalue weighted by Gasteiger charge is 2.37. The van der Waals surface area contributed by atoms with E-state index in [1.807, 2.05) is 12.1 Å². The van der Waals surface area contributed by atoms with Gasteiger partial charge in [-0.1, -0.05) is 31.5 Å². The molecule has 0 radical (unpaired) electrons. The Labute approximate surface area is 96.4 Å². The van der Waals surface area contributed by atoms with Gasteiger partial charge < -0.3 is 4.74 Å². The van der Waals surface area contributed by atoms with Crippen LogP contribution in [0.15, 0.2) is 18.2 Å². The van der Waals surface area contributed by atoms with Crippen molar-refractivity contribution >= 4 is 11.6 Å². The number of halogens is 1. The maximum Gasteiger partial charge on any atom is 0.0879 e. The molecule has 2 rings (SSSR count). The molecule has 15 heavy (non-hydrogen) atoms. The van der Waals surface area contributed by atoms with Gasteiger partial charge in [-0.15, -0.1) is 0 Å². The van der Waals surface area contributed by atoms with Crippen molar-refractivity contribution in [2.45, 2.75) is 38.7 Å². The van der Waals surface area contributed by atoms with Gasteiger partial charge in [0.2, 0.25) is 0 Å². The Balaban J connectivity index is 2.64. The number of rotatable bonds is 0. The third-order valence-corrected chi connectivity index (χ3v) is 3.39. The molecule has 1 nitrogen and oxygen atoms in total. The topological polar surface area (TPSA) is 9.23 Å². The molecule has 0 saturated carbocycles. The molecule has 0 aromatic heterocycles. The van der Waals surface area contributed by atoms with Gasteiger partial charge in [0.05, 0.1) is 12.2 Å². The molecule has 1 aliphatic rings. The lowest BCUT2D eigenvalue weighted by molar-refractivity contribution is -0.0587. The highest BCUT2D eigenvalue weighted by Crippen LogP contribution is 2.41. The van der Waals surface area contributed by atoms with Gasteiger partial charge >= 0.3 is 0 Å². The van der Waals surface area contributed by atoms with Crippen LogP contribution in [0.2, 0.25) is 5.02 Å². The predicted molar refractivity (Wildman–Crippen MR) is 63.5 cm³/mol. The molecule has 0 unspecified atom stereocenters. The Hall–Kier alpha value is -0.530. The summed E-state index contributed by atoms with van der Waals surface area (Å²) in [6, 6.07) is 6.11. The Morgan fingerprint density at radius 1 is 1.13 bits per heavy atom. The molecule has 0 fully saturated rings. The summed E-state index contributed by atoms with van der Waals surface area (Å²) in [6.45, 7) is 9.35. The van der Waals surface area contributed by atoms with E-state index in [4.69, 9.17) is 16.3 Å². The van der Waals surface area contributed by atoms with Crippen LogP contribution < -0.4 is 0 Å². The van der Waals surface area contributed by atoms with E-state index in [9.17, 15) is 0 Å². The van der Waals surface area contributed by atoms with Crippen molar-refractivity contribution in [1.29, 1.82) is 0 Å². The van der Waals surface area contributed by atoms with Gasteiger partial charge in [-0.3, -0.25) is 0 Å². The number of hydrogen-bond acceptors (Lipinski definition) is 1. The van der Waals surface area contributed by atoms with Crippen molar-refractivity contribution in [3.63, 3.8) is 0 Å². The first-order valence-corrected chi connectivity index (χ1v) is 5.65. The maximum atomic E-state index is 6.04. The Morgan fingerprint density at radius 3 is 2.47 bits per heavy atom. The molecule has 1 heterocycles. The molecule has 1 aromatic carbocycles. The molecule has 0 bridgehead atoms. The van der Waals surface area contributed by atoms with E-state index in [0.717, 1.165) is 11.6 Å². The summed E-state index contributed by atoms with van der Waals surface area (Å²) >= 11 is 6.04. The largest absolute Gasteiger partial charge is 0.370 e. The normalized spacial score (nSPS) is 22.2. The van der Waals surface area contributed by atoms with Crippen LogP contribution in [0.4, 0.5) is 0 Å². The second kappa shape index (κ2) is 3.23. The molecular weight excluding hydrogens is 208 g/mol. The summed E-state index contributed by atoms with van der Waals surface area (Å²) in [6.07, 6.45) is 0. The van der Waals surface area contributed by atoms with E-state index in [2.05, 4.69) is 33.8 Å². The van der Waals surface area contributed by atoms with Crippen molar-refractivity contribution in [2.75, 3.05) is 6.61 Å². The summed E-state index contributed by atoms with van der Waals surface area (Å²) in [5, 5.41) is 0.781. The minimum atomic E-state index is -0.226. The third kappa shape index (κ3) is 1.79. The lowest BCUT2D eigenvalue weighted by Crippen LogP contribution is -2.39. The van der Waals surface area contributed by atoms with E-state index < -0.39 is 0 Å². The highest BCUT2D eigenvalue weighted by atomic mass is 35.5. The van der Waals surface area contributed by atoms with Crippen molar-refractivity contribution in [3.8, 4) is 0 Å². The third-order valence-electron chi connectivity index (χ3n) is 3.15. The van der Waals surface area contributed by atoms with Crippen molar-refractivity contribution < 1.29 is 4.74 Å². The Morgan fingerprint density at radius 2 is 1.80 bits per heavy atom. The minimum absolute atomic E-state index is 0.0788. The zero-order valence-corrected chi connectivity index (χ0v) is 10.5. The monoisotopic (exact) mass is 224 g/mol. The first-order chi connectivity index (χ1) is 6.83. The van der Waals surface area contributed by atoms with Crippen LogP contribution in [-0.4, -0.2) is 6.61 Å². The molecule has 1 aliphatic heterocycles. The zero-order chi connectivity index (χ0) is 11.3. The van der Waals surface area contributed by atoms with E-state index in [1.165, 1.54) is 11.1 Å². The van der Waals surface area contributed by atoms with E-state index >= 15 is 0 Å². The van der Waals surface area contributed by atoms with Crippen molar-refractivity contribution in [1.82, 2.24) is 0 Å². The van der Waals surface area contributed by atoms with Crippen molar-refractivity contribution in [2.24, 2.45) is 0 Å². The van der Waals surface area contributed by atoms with Gasteiger partial charge in [-0.25, -0.2) is 0 Å². The SMILES string of the molecule is CC1(C)COC(C)(C)c2cc(Cl)ccc21. The van der Waals surface area contributed by atoms with Gasteiger partial charge in [-0.05, 0) is 37.1 Å². The fourth-order valence-corrected chi connectivity index (χ4v) is 2.29. The van der Waals surface area contributed by atoms with Crippen LogP contribution in [0.5, 0.6) is 0 Å². The van der Waals surface area contributed by atoms with Crippen LogP contribution in [-0.2, 0) is 15.8 Å². The second-order valence-electron chi connectivity index (χ2n) is 5.37. The van der Waals surface area contributed by atoms with Gasteiger partial charge in [0.25, 0.3) is 0 Å². The fourth-order valence-electron chi connectivity index (χ4n) is 2.12. The molecule has 1 aromatic rings. The molecule has 0 atom stereocenters. The number of benzene rings is 1. The predicted octanol–water partition coefficient (Wildman–Crippen LogP) is 3.88. The van der Waals surface area contributed by atoms with E-state index in [-0.39, 0.29) is 11.0 Å². The number of ether oxygens (including phenoxy) is 1. The lowest BCUT2D eigenvalue weighted by atomic mass is 9.76. The molecule has 0 aliphatic carbocycles. The van der Waals surface area contributed by atoms with Crippen LogP contribution in [0, 0.1) is 0 Å². The van der Waals surface area contributed by atoms with Crippen molar-refractivity contribution in [3.05, 3.63) is 34.3 Å². The lowest BCUT2D eigenvalue weighted by Gasteiger charge is -2.41. The number of fused-ring (bicyclic) bond motifs is 1.